The van der Waals surface area contributed by atoms with Crippen molar-refractivity contribution in [3.8, 4) is 0 Å². The molecule has 16 heteroatoms. The predicted octanol–water partition coefficient (Wildman–Crippen LogP) is -4.83. The molecule has 3 atom stereocenters. The highest BCUT2D eigenvalue weighted by Crippen LogP contribution is 2.05. The summed E-state index contributed by atoms with van der Waals surface area (Å²) < 4.78 is 9.20. The maximum atomic E-state index is 11.9. The maximum absolute atomic E-state index is 11.9. The summed E-state index contributed by atoms with van der Waals surface area (Å²) in [7, 11) is 0. The first-order chi connectivity index (χ1) is 14.9. The molecule has 0 saturated heterocycles. The number of rotatable bonds is 14. The van der Waals surface area contributed by atoms with Crippen molar-refractivity contribution < 1.29 is 34.1 Å². The summed E-state index contributed by atoms with van der Waals surface area (Å²) in [5.41, 5.74) is 37.5. The van der Waals surface area contributed by atoms with E-state index in [-0.39, 0.29) is 56.2 Å². The van der Waals surface area contributed by atoms with E-state index < -0.39 is 42.0 Å². The largest absolute Gasteiger partial charge is 0.412 e. The van der Waals surface area contributed by atoms with Crippen molar-refractivity contribution in [3.05, 3.63) is 0 Å². The number of nitrogens with zero attached hydrogens (tertiary/aromatic N) is 2. The quantitative estimate of drug-likeness (QED) is 0.0406. The Balaban J connectivity index is 0. The van der Waals surface area contributed by atoms with Gasteiger partial charge in [-0.1, -0.05) is 0 Å². The molecule has 16 N–H and O–H groups in total. The van der Waals surface area contributed by atoms with Gasteiger partial charge in [-0.15, -0.1) is 0 Å². The molecule has 0 radical (unpaired) electrons. The van der Waals surface area contributed by atoms with Crippen molar-refractivity contribution in [1.82, 2.24) is 0 Å². The Hall–Kier alpha value is -3.34. The molecule has 190 valence electrons. The Labute approximate surface area is 190 Å². The Bertz CT molecular complexity index is 707. The number of guanidine groups is 2. The van der Waals surface area contributed by atoms with Crippen LogP contribution in [0.25, 0.3) is 0 Å². The number of hydrogen-bond donors (Lipinski definition) is 7. The molecule has 0 spiro atoms. The molecule has 33 heavy (non-hydrogen) atoms. The first kappa shape index (κ1) is 31.8. The van der Waals surface area contributed by atoms with Crippen molar-refractivity contribution in [2.24, 2.45) is 50.1 Å². The van der Waals surface area contributed by atoms with Gasteiger partial charge in [0.1, 0.15) is 18.1 Å². The molecular weight excluding hydrogens is 442 g/mol. The zero-order valence-electron chi connectivity index (χ0n) is 18.3. The van der Waals surface area contributed by atoms with E-state index in [1.54, 1.807) is 0 Å². The van der Waals surface area contributed by atoms with Crippen LogP contribution in [0.3, 0.4) is 0 Å². The van der Waals surface area contributed by atoms with Crippen LogP contribution in [0.5, 0.6) is 0 Å². The molecular formula is C17H35N9O7. The van der Waals surface area contributed by atoms with Gasteiger partial charge < -0.3 is 55.1 Å². The normalized spacial score (nSPS) is 12.8. The minimum atomic E-state index is -1.30. The Morgan fingerprint density at radius 2 is 1.00 bits per heavy atom. The molecule has 0 amide bonds. The average molecular weight is 478 g/mol. The van der Waals surface area contributed by atoms with Gasteiger partial charge >= 0.3 is 23.9 Å². The van der Waals surface area contributed by atoms with Gasteiger partial charge in [0.15, 0.2) is 11.9 Å². The van der Waals surface area contributed by atoms with E-state index in [9.17, 15) is 19.2 Å². The van der Waals surface area contributed by atoms with Crippen molar-refractivity contribution in [2.45, 2.75) is 56.7 Å². The van der Waals surface area contributed by atoms with Gasteiger partial charge in [0.05, 0.1) is 0 Å². The first-order valence-electron chi connectivity index (χ1n) is 9.81. The SMILES string of the molecule is NC(N)=NCCC[C@@H](N)C(=O)OC(=O)CC[C@@H](N)C(=O)OC(=O)[C@H](N)CCCN=C(N)N.O. The number of nitrogens with two attached hydrogens (primary N) is 7. The van der Waals surface area contributed by atoms with E-state index in [1.807, 2.05) is 0 Å². The topological polar surface area (TPSA) is 325 Å². The lowest BCUT2D eigenvalue weighted by Crippen LogP contribution is -2.40. The van der Waals surface area contributed by atoms with Crippen LogP contribution < -0.4 is 40.1 Å². The molecule has 0 aliphatic rings. The van der Waals surface area contributed by atoms with Gasteiger partial charge in [-0.05, 0) is 32.1 Å². The summed E-state index contributed by atoms with van der Waals surface area (Å²) in [5.74, 6) is -4.08. The third-order valence-corrected chi connectivity index (χ3v) is 3.92. The van der Waals surface area contributed by atoms with Gasteiger partial charge in [0.2, 0.25) is 0 Å². The fourth-order valence-corrected chi connectivity index (χ4v) is 2.16. The van der Waals surface area contributed by atoms with Crippen molar-refractivity contribution in [2.75, 3.05) is 13.1 Å². The average Bonchev–Trinajstić information content (AvgIpc) is 2.71. The summed E-state index contributed by atoms with van der Waals surface area (Å²) in [6.07, 6.45) is 0.579. The lowest BCUT2D eigenvalue weighted by Gasteiger charge is -2.13. The van der Waals surface area contributed by atoms with Crippen molar-refractivity contribution in [3.63, 3.8) is 0 Å². The molecule has 0 saturated carbocycles. The fourth-order valence-electron chi connectivity index (χ4n) is 2.16. The Morgan fingerprint density at radius 3 is 1.39 bits per heavy atom. The highest BCUT2D eigenvalue weighted by molar-refractivity contribution is 5.91. The van der Waals surface area contributed by atoms with Crippen LogP contribution in [0.1, 0.15) is 38.5 Å². The number of hydrogen-bond acceptors (Lipinski definition) is 11. The van der Waals surface area contributed by atoms with Crippen LogP contribution in [0.2, 0.25) is 0 Å². The zero-order chi connectivity index (χ0) is 24.7. The van der Waals surface area contributed by atoms with Crippen LogP contribution in [0, 0.1) is 0 Å². The maximum Gasteiger partial charge on any atom is 0.330 e. The van der Waals surface area contributed by atoms with E-state index in [0.717, 1.165) is 0 Å². The van der Waals surface area contributed by atoms with Crippen LogP contribution in [-0.2, 0) is 28.7 Å². The molecule has 0 aromatic rings. The third kappa shape index (κ3) is 16.0. The van der Waals surface area contributed by atoms with Gasteiger partial charge in [0.25, 0.3) is 0 Å². The summed E-state index contributed by atoms with van der Waals surface area (Å²) in [4.78, 5) is 54.7. The molecule has 0 bridgehead atoms. The van der Waals surface area contributed by atoms with E-state index >= 15 is 0 Å². The minimum Gasteiger partial charge on any atom is -0.412 e. The van der Waals surface area contributed by atoms with Crippen molar-refractivity contribution in [1.29, 1.82) is 0 Å². The zero-order valence-corrected chi connectivity index (χ0v) is 18.3. The van der Waals surface area contributed by atoms with Crippen LogP contribution >= 0.6 is 0 Å². The molecule has 0 rings (SSSR count). The number of esters is 4. The summed E-state index contributed by atoms with van der Waals surface area (Å²) in [5, 5.41) is 0. The summed E-state index contributed by atoms with van der Waals surface area (Å²) in [6.45, 7) is 0.532. The van der Waals surface area contributed by atoms with Crippen LogP contribution in [-0.4, -0.2) is 72.5 Å². The second kappa shape index (κ2) is 17.2. The highest BCUT2D eigenvalue weighted by Gasteiger charge is 2.25. The first-order valence-corrected chi connectivity index (χ1v) is 9.81. The smallest absolute Gasteiger partial charge is 0.330 e. The molecule has 0 heterocycles. The van der Waals surface area contributed by atoms with Crippen LogP contribution in [0.4, 0.5) is 0 Å². The molecule has 0 fully saturated rings. The lowest BCUT2D eigenvalue weighted by atomic mass is 10.1. The van der Waals surface area contributed by atoms with Gasteiger partial charge in [0, 0.05) is 19.5 Å². The minimum absolute atomic E-state index is 0. The summed E-state index contributed by atoms with van der Waals surface area (Å²) in [6, 6.07) is -3.42. The monoisotopic (exact) mass is 477 g/mol. The molecule has 0 aliphatic carbocycles. The summed E-state index contributed by atoms with van der Waals surface area (Å²) >= 11 is 0. The molecule has 0 aliphatic heterocycles. The molecule has 0 unspecified atom stereocenters. The number of ether oxygens (including phenoxy) is 2. The second-order valence-electron chi connectivity index (χ2n) is 6.79. The van der Waals surface area contributed by atoms with E-state index in [0.29, 0.717) is 12.8 Å². The number of carbonyl (C=O) groups is 4. The van der Waals surface area contributed by atoms with Crippen LogP contribution in [0.15, 0.2) is 9.98 Å². The predicted molar refractivity (Wildman–Crippen MR) is 119 cm³/mol. The van der Waals surface area contributed by atoms with Crippen molar-refractivity contribution >= 4 is 35.8 Å². The second-order valence-corrected chi connectivity index (χ2v) is 6.79. The third-order valence-electron chi connectivity index (χ3n) is 3.92. The number of aliphatic imine (C=N–C) groups is 2. The lowest BCUT2D eigenvalue weighted by molar-refractivity contribution is -0.161. The number of carbonyl (C=O) groups excluding carboxylic acids is 4. The molecule has 16 nitrogen and oxygen atoms in total. The van der Waals surface area contributed by atoms with E-state index in [1.165, 1.54) is 0 Å². The van der Waals surface area contributed by atoms with Gasteiger partial charge in [-0.25, -0.2) is 14.4 Å². The Morgan fingerprint density at radius 1 is 0.636 bits per heavy atom. The molecule has 0 aromatic carbocycles. The van der Waals surface area contributed by atoms with Gasteiger partial charge in [-0.3, -0.25) is 14.8 Å². The van der Waals surface area contributed by atoms with E-state index in [2.05, 4.69) is 19.5 Å². The standard InChI is InChI=1S/C17H33N9O6.H2O/c18-9(3-1-7-25-16(21)22)13(28)31-12(27)6-5-11(20)15(30)32-14(29)10(19)4-2-8-26-17(23)24;/h9-11H,1-8,18-20H2,(H4,21,22,25)(H4,23,24,26);1H2/t9-,10-,11-;/m1./s1. The Kier molecular flexibility index (Phi) is 16.6. The van der Waals surface area contributed by atoms with E-state index in [4.69, 9.17) is 40.1 Å². The molecule has 0 aromatic heterocycles. The van der Waals surface area contributed by atoms with Gasteiger partial charge in [-0.2, -0.15) is 0 Å². The highest BCUT2D eigenvalue weighted by atomic mass is 16.6. The fraction of sp³-hybridized carbons (Fsp3) is 0.647.